The summed E-state index contributed by atoms with van der Waals surface area (Å²) in [5.41, 5.74) is 1.72. The Bertz CT molecular complexity index is 1780. The Balaban J connectivity index is 1.38. The second kappa shape index (κ2) is 10.5. The van der Waals surface area contributed by atoms with E-state index in [1.807, 2.05) is 13.8 Å². The van der Waals surface area contributed by atoms with Crippen LogP contribution in [0.3, 0.4) is 0 Å². The zero-order valence-corrected chi connectivity index (χ0v) is 24.1. The van der Waals surface area contributed by atoms with Crippen molar-refractivity contribution >= 4 is 17.5 Å². The minimum absolute atomic E-state index is 0.120. The van der Waals surface area contributed by atoms with Crippen LogP contribution < -0.4 is 20.9 Å². The lowest BCUT2D eigenvalue weighted by atomic mass is 9.75. The second-order valence-corrected chi connectivity index (χ2v) is 11.5. The molecule has 1 aliphatic carbocycles. The summed E-state index contributed by atoms with van der Waals surface area (Å²) in [5, 5.41) is 16.8. The number of ether oxygens (including phenoxy) is 1. The van der Waals surface area contributed by atoms with E-state index >= 15 is 0 Å². The van der Waals surface area contributed by atoms with E-state index in [0.29, 0.717) is 35.5 Å². The summed E-state index contributed by atoms with van der Waals surface area (Å²) in [5.74, 6) is -3.94. The number of hydrogen-bond acceptors (Lipinski definition) is 6. The first-order valence-corrected chi connectivity index (χ1v) is 14.0. The number of pyridine rings is 1. The zero-order valence-electron chi connectivity index (χ0n) is 24.1. The molecule has 4 heterocycles. The number of amides is 2. The van der Waals surface area contributed by atoms with Gasteiger partial charge in [0.2, 0.25) is 5.91 Å². The fourth-order valence-electron chi connectivity index (χ4n) is 5.98. The molecule has 3 aromatic heterocycles. The Labute approximate surface area is 245 Å². The van der Waals surface area contributed by atoms with Crippen molar-refractivity contribution in [2.75, 3.05) is 11.9 Å². The average Bonchev–Trinajstić information content (AvgIpc) is 3.38. The fourth-order valence-corrected chi connectivity index (χ4v) is 5.98. The Kier molecular flexibility index (Phi) is 6.90. The van der Waals surface area contributed by atoms with Crippen molar-refractivity contribution in [1.29, 1.82) is 0 Å². The van der Waals surface area contributed by atoms with Crippen LogP contribution in [0.15, 0.2) is 47.5 Å². The number of aromatic nitrogens is 5. The summed E-state index contributed by atoms with van der Waals surface area (Å²) in [7, 11) is 0. The van der Waals surface area contributed by atoms with Crippen molar-refractivity contribution in [2.24, 2.45) is 5.41 Å². The molecule has 13 heteroatoms. The number of carbonyl (C=O) groups excluding carboxylic acids is 2. The molecular weight excluding hydrogens is 560 g/mol. The monoisotopic (exact) mass is 591 g/mol. The predicted octanol–water partition coefficient (Wildman–Crippen LogP) is 3.93. The predicted molar refractivity (Wildman–Crippen MR) is 152 cm³/mol. The van der Waals surface area contributed by atoms with Gasteiger partial charge in [0.05, 0.1) is 23.7 Å². The molecule has 1 aromatic carbocycles. The van der Waals surface area contributed by atoms with Gasteiger partial charge in [-0.1, -0.05) is 0 Å². The second-order valence-electron chi connectivity index (χ2n) is 11.5. The number of aryl methyl sites for hydroxylation is 2. The van der Waals surface area contributed by atoms with Crippen LogP contribution in [0.1, 0.15) is 66.1 Å². The van der Waals surface area contributed by atoms with Gasteiger partial charge in [-0.05, 0) is 58.7 Å². The Morgan fingerprint density at radius 2 is 1.88 bits per heavy atom. The van der Waals surface area contributed by atoms with Crippen LogP contribution in [0.5, 0.6) is 5.75 Å². The summed E-state index contributed by atoms with van der Waals surface area (Å²) in [6, 6.07) is 5.04. The minimum atomic E-state index is -1.22. The van der Waals surface area contributed by atoms with Gasteiger partial charge in [0.25, 0.3) is 11.5 Å². The lowest BCUT2D eigenvalue weighted by Crippen LogP contribution is -2.52. The van der Waals surface area contributed by atoms with Crippen molar-refractivity contribution < 1.29 is 23.1 Å². The third-order valence-electron chi connectivity index (χ3n) is 8.27. The van der Waals surface area contributed by atoms with Crippen molar-refractivity contribution in [1.82, 2.24) is 29.9 Å². The van der Waals surface area contributed by atoms with E-state index in [2.05, 4.69) is 25.9 Å². The maximum absolute atomic E-state index is 14.6. The lowest BCUT2D eigenvalue weighted by molar-refractivity contribution is -0.119. The maximum atomic E-state index is 14.6. The van der Waals surface area contributed by atoms with Crippen LogP contribution in [0, 0.1) is 30.9 Å². The van der Waals surface area contributed by atoms with E-state index in [9.17, 15) is 23.2 Å². The van der Waals surface area contributed by atoms with Crippen molar-refractivity contribution in [3.05, 3.63) is 87.4 Å². The molecule has 0 bridgehead atoms. The van der Waals surface area contributed by atoms with Gasteiger partial charge in [0.1, 0.15) is 17.5 Å². The Hall–Kier alpha value is -4.81. The molecule has 1 aliphatic heterocycles. The molecule has 1 fully saturated rings. The molecule has 1 saturated carbocycles. The van der Waals surface area contributed by atoms with E-state index in [1.54, 1.807) is 26.0 Å². The molecule has 43 heavy (non-hydrogen) atoms. The number of fused-ring (bicyclic) bond motifs is 1. The highest BCUT2D eigenvalue weighted by Crippen LogP contribution is 2.61. The van der Waals surface area contributed by atoms with Gasteiger partial charge in [0.15, 0.2) is 11.6 Å². The smallest absolute Gasteiger partial charge is 0.270 e. The summed E-state index contributed by atoms with van der Waals surface area (Å²) >= 11 is 0. The van der Waals surface area contributed by atoms with Crippen molar-refractivity contribution in [3.63, 3.8) is 0 Å². The van der Waals surface area contributed by atoms with E-state index in [1.165, 1.54) is 27.7 Å². The number of anilines is 1. The molecule has 2 amide bonds. The highest BCUT2D eigenvalue weighted by molar-refractivity contribution is 6.01. The molecule has 0 radical (unpaired) electrons. The van der Waals surface area contributed by atoms with Gasteiger partial charge in [0, 0.05) is 53.2 Å². The van der Waals surface area contributed by atoms with Crippen LogP contribution >= 0.6 is 0 Å². The maximum Gasteiger partial charge on any atom is 0.270 e. The van der Waals surface area contributed by atoms with E-state index in [4.69, 9.17) is 4.74 Å². The van der Waals surface area contributed by atoms with Gasteiger partial charge in [-0.3, -0.25) is 28.7 Å². The van der Waals surface area contributed by atoms with Crippen molar-refractivity contribution in [2.45, 2.75) is 58.5 Å². The molecule has 0 saturated heterocycles. The quantitative estimate of drug-likeness (QED) is 0.298. The molecule has 1 unspecified atom stereocenters. The summed E-state index contributed by atoms with van der Waals surface area (Å²) in [6.07, 6.45) is 4.35. The van der Waals surface area contributed by atoms with Crippen LogP contribution in [-0.2, 0) is 4.79 Å². The minimum Gasteiger partial charge on any atom is -0.493 e. The molecule has 1 spiro atoms. The SMILES string of the molecule is Cc1n[nH]c(C)c1-n1ccc(NC(=O)[C@@H](NC(=O)c2ccnn2C(C)C)C2c3cc(F)c(F)cc3OCC23CC3)cc1=O. The highest BCUT2D eigenvalue weighted by Gasteiger charge is 2.58. The molecule has 3 N–H and O–H groups in total. The number of halogens is 2. The van der Waals surface area contributed by atoms with Gasteiger partial charge in [-0.2, -0.15) is 10.2 Å². The third-order valence-corrected chi connectivity index (χ3v) is 8.27. The van der Waals surface area contributed by atoms with Gasteiger partial charge in [-0.15, -0.1) is 0 Å². The summed E-state index contributed by atoms with van der Waals surface area (Å²) in [6.45, 7) is 7.48. The standard InChI is InChI=1S/C30H31F2N7O4/c1-15(2)39-22(5-9-33-39)28(41)35-26(25-19-12-20(31)21(32)13-23(19)43-14-30(25)7-8-30)29(42)34-18-6-10-38(24(40)11-18)27-16(3)36-37-17(27)4/h5-6,9-13,15,25-26H,7-8,14H2,1-4H3,(H,34,42)(H,35,41)(H,36,37)/t25?,26-/m0/s1. The molecule has 11 nitrogen and oxygen atoms in total. The molecule has 4 aromatic rings. The van der Waals surface area contributed by atoms with E-state index in [0.717, 1.165) is 12.1 Å². The average molecular weight is 592 g/mol. The number of aromatic amines is 1. The van der Waals surface area contributed by atoms with Gasteiger partial charge >= 0.3 is 0 Å². The largest absolute Gasteiger partial charge is 0.493 e. The fraction of sp³-hybridized carbons (Fsp3) is 0.367. The van der Waals surface area contributed by atoms with Crippen molar-refractivity contribution in [3.8, 4) is 11.4 Å². The number of hydrogen-bond donors (Lipinski definition) is 3. The first-order valence-electron chi connectivity index (χ1n) is 14.0. The van der Waals surface area contributed by atoms with E-state index < -0.39 is 46.4 Å². The molecular formula is C30H31F2N7O4. The summed E-state index contributed by atoms with van der Waals surface area (Å²) in [4.78, 5) is 40.8. The highest BCUT2D eigenvalue weighted by atomic mass is 19.2. The molecule has 2 aliphatic rings. The van der Waals surface area contributed by atoms with Crippen LogP contribution in [0.2, 0.25) is 0 Å². The van der Waals surface area contributed by atoms with Crippen LogP contribution in [-0.4, -0.2) is 49.0 Å². The number of nitrogens with zero attached hydrogens (tertiary/aromatic N) is 4. The van der Waals surface area contributed by atoms with Gasteiger partial charge in [-0.25, -0.2) is 8.78 Å². The Morgan fingerprint density at radius 3 is 2.53 bits per heavy atom. The molecule has 224 valence electrons. The van der Waals surface area contributed by atoms with Crippen LogP contribution in [0.4, 0.5) is 14.5 Å². The summed E-state index contributed by atoms with van der Waals surface area (Å²) < 4.78 is 37.5. The lowest BCUT2D eigenvalue weighted by Gasteiger charge is -2.38. The van der Waals surface area contributed by atoms with Gasteiger partial charge < -0.3 is 15.4 Å². The number of H-pyrrole nitrogens is 1. The normalized spacial score (nSPS) is 17.3. The van der Waals surface area contributed by atoms with E-state index in [-0.39, 0.29) is 29.8 Å². The van der Waals surface area contributed by atoms with Crippen LogP contribution in [0.25, 0.3) is 5.69 Å². The first-order chi connectivity index (χ1) is 20.5. The molecule has 2 atom stereocenters. The Morgan fingerprint density at radius 1 is 1.14 bits per heavy atom. The number of rotatable bonds is 7. The third kappa shape index (κ3) is 4.98. The topological polar surface area (TPSA) is 136 Å². The number of nitrogens with one attached hydrogen (secondary N) is 3. The zero-order chi connectivity index (χ0) is 30.6. The number of benzene rings is 1. The molecule has 6 rings (SSSR count). The number of carbonyl (C=O) groups is 2. The first kappa shape index (κ1) is 28.3.